The molecule has 10 heteroatoms. The average Bonchev–Trinajstić information content (AvgIpc) is 3.20. The number of aromatic nitrogens is 3. The van der Waals surface area contributed by atoms with Crippen LogP contribution in [0, 0.1) is 5.92 Å². The molecule has 25 heavy (non-hydrogen) atoms. The van der Waals surface area contributed by atoms with Gasteiger partial charge >= 0.3 is 6.09 Å². The summed E-state index contributed by atoms with van der Waals surface area (Å²) < 4.78 is 6.92. The van der Waals surface area contributed by atoms with Gasteiger partial charge in [-0.3, -0.25) is 4.79 Å². The fourth-order valence-corrected chi connectivity index (χ4v) is 2.51. The normalized spacial score (nSPS) is 19.4. The Bertz CT molecular complexity index is 579. The highest BCUT2D eigenvalue weighted by atomic mass is 35.5. The minimum Gasteiger partial charge on any atom is -0.449 e. The lowest BCUT2D eigenvalue weighted by atomic mass is 10.1. The maximum absolute atomic E-state index is 11.9. The smallest absolute Gasteiger partial charge is 0.409 e. The quantitative estimate of drug-likeness (QED) is 0.755. The Morgan fingerprint density at radius 1 is 1.52 bits per heavy atom. The Balaban J connectivity index is 0.00000312. The van der Waals surface area contributed by atoms with Gasteiger partial charge in [0.25, 0.3) is 0 Å². The van der Waals surface area contributed by atoms with Crippen molar-refractivity contribution in [1.29, 1.82) is 0 Å². The third-order valence-electron chi connectivity index (χ3n) is 3.85. The standard InChI is InChI=1S/C15H26N6O3.ClH/c1-10(2)9-24-15(23)20(4)7-11-8-21(19-18-11)12-5-13(17-6-12)14(22)16-3;/h8,10,12-13,17H,5-7,9H2,1-4H3,(H,16,22);1H/t12-,13-;/m0./s1. The minimum atomic E-state index is -0.375. The summed E-state index contributed by atoms with van der Waals surface area (Å²) in [5.41, 5.74) is 0.683. The molecule has 1 aliphatic rings. The molecular formula is C15H27ClN6O3. The number of likely N-dealkylation sites (N-methyl/N-ethyl adjacent to an activating group) is 1. The second-order valence-corrected chi connectivity index (χ2v) is 6.48. The monoisotopic (exact) mass is 374 g/mol. The number of halogens is 1. The molecule has 1 saturated heterocycles. The number of carbonyl (C=O) groups excluding carboxylic acids is 2. The van der Waals surface area contributed by atoms with Gasteiger partial charge in [0.2, 0.25) is 5.91 Å². The Kier molecular flexibility index (Phi) is 8.11. The van der Waals surface area contributed by atoms with Crippen molar-refractivity contribution in [2.24, 2.45) is 5.92 Å². The van der Waals surface area contributed by atoms with Crippen LogP contribution in [0.3, 0.4) is 0 Å². The van der Waals surface area contributed by atoms with Crippen molar-refractivity contribution in [2.45, 2.75) is 38.9 Å². The third kappa shape index (κ3) is 5.86. The van der Waals surface area contributed by atoms with Gasteiger partial charge in [-0.1, -0.05) is 19.1 Å². The van der Waals surface area contributed by atoms with E-state index in [0.717, 1.165) is 0 Å². The summed E-state index contributed by atoms with van der Waals surface area (Å²) in [6.45, 7) is 5.36. The van der Waals surface area contributed by atoms with Crippen molar-refractivity contribution >= 4 is 24.4 Å². The summed E-state index contributed by atoms with van der Waals surface area (Å²) >= 11 is 0. The van der Waals surface area contributed by atoms with Gasteiger partial charge in [0.1, 0.15) is 5.69 Å². The van der Waals surface area contributed by atoms with Gasteiger partial charge in [-0.25, -0.2) is 9.48 Å². The molecule has 0 bridgehead atoms. The first-order valence-corrected chi connectivity index (χ1v) is 8.14. The van der Waals surface area contributed by atoms with Gasteiger partial charge in [-0.2, -0.15) is 0 Å². The summed E-state index contributed by atoms with van der Waals surface area (Å²) in [5.74, 6) is 0.275. The molecule has 2 atom stereocenters. The van der Waals surface area contributed by atoms with Crippen molar-refractivity contribution in [1.82, 2.24) is 30.5 Å². The summed E-state index contributed by atoms with van der Waals surface area (Å²) in [6, 6.07) is -0.131. The molecule has 9 nitrogen and oxygen atoms in total. The topological polar surface area (TPSA) is 101 Å². The van der Waals surface area contributed by atoms with Crippen LogP contribution in [-0.4, -0.2) is 65.2 Å². The van der Waals surface area contributed by atoms with E-state index in [1.54, 1.807) is 18.8 Å². The van der Waals surface area contributed by atoms with E-state index in [1.165, 1.54) is 4.90 Å². The van der Waals surface area contributed by atoms with Crippen LogP contribution in [0.5, 0.6) is 0 Å². The molecule has 0 aliphatic carbocycles. The average molecular weight is 375 g/mol. The molecular weight excluding hydrogens is 348 g/mol. The number of hydrogen-bond donors (Lipinski definition) is 2. The molecule has 0 saturated carbocycles. The first-order chi connectivity index (χ1) is 11.4. The molecule has 1 aromatic heterocycles. The van der Waals surface area contributed by atoms with Gasteiger partial charge in [-0.05, 0) is 12.3 Å². The highest BCUT2D eigenvalue weighted by Crippen LogP contribution is 2.19. The maximum Gasteiger partial charge on any atom is 0.409 e. The Morgan fingerprint density at radius 3 is 2.88 bits per heavy atom. The summed E-state index contributed by atoms with van der Waals surface area (Å²) in [4.78, 5) is 25.0. The van der Waals surface area contributed by atoms with Gasteiger partial charge in [0.15, 0.2) is 0 Å². The van der Waals surface area contributed by atoms with Gasteiger partial charge < -0.3 is 20.3 Å². The van der Waals surface area contributed by atoms with E-state index < -0.39 is 0 Å². The number of amides is 2. The Hall–Kier alpha value is -1.87. The van der Waals surface area contributed by atoms with E-state index in [9.17, 15) is 9.59 Å². The van der Waals surface area contributed by atoms with E-state index in [-0.39, 0.29) is 36.5 Å². The number of rotatable bonds is 6. The van der Waals surface area contributed by atoms with E-state index in [1.807, 2.05) is 20.0 Å². The second-order valence-electron chi connectivity index (χ2n) is 6.48. The van der Waals surface area contributed by atoms with Crippen LogP contribution < -0.4 is 10.6 Å². The van der Waals surface area contributed by atoms with Crippen molar-refractivity contribution in [2.75, 3.05) is 27.2 Å². The zero-order valence-corrected chi connectivity index (χ0v) is 15.9. The van der Waals surface area contributed by atoms with Crippen molar-refractivity contribution < 1.29 is 14.3 Å². The highest BCUT2D eigenvalue weighted by molar-refractivity contribution is 5.85. The highest BCUT2D eigenvalue weighted by Gasteiger charge is 2.30. The van der Waals surface area contributed by atoms with Gasteiger partial charge in [0.05, 0.1) is 31.4 Å². The zero-order valence-electron chi connectivity index (χ0n) is 15.1. The zero-order chi connectivity index (χ0) is 17.7. The molecule has 1 fully saturated rings. The van der Waals surface area contributed by atoms with Crippen LogP contribution >= 0.6 is 12.4 Å². The lowest BCUT2D eigenvalue weighted by Crippen LogP contribution is -2.38. The molecule has 1 aliphatic heterocycles. The summed E-state index contributed by atoms with van der Waals surface area (Å²) in [5, 5.41) is 14.0. The second kappa shape index (κ2) is 9.57. The lowest BCUT2D eigenvalue weighted by Gasteiger charge is -2.16. The predicted octanol–water partition coefficient (Wildman–Crippen LogP) is 0.573. The number of nitrogens with zero attached hydrogens (tertiary/aromatic N) is 4. The summed E-state index contributed by atoms with van der Waals surface area (Å²) in [7, 11) is 3.29. The van der Waals surface area contributed by atoms with Crippen LogP contribution in [0.25, 0.3) is 0 Å². The molecule has 0 radical (unpaired) electrons. The van der Waals surface area contributed by atoms with Gasteiger partial charge in [0, 0.05) is 20.6 Å². The van der Waals surface area contributed by atoms with Crippen molar-refractivity contribution in [3.05, 3.63) is 11.9 Å². The van der Waals surface area contributed by atoms with E-state index in [4.69, 9.17) is 4.74 Å². The maximum atomic E-state index is 11.9. The van der Waals surface area contributed by atoms with Crippen molar-refractivity contribution in [3.63, 3.8) is 0 Å². The largest absolute Gasteiger partial charge is 0.449 e. The fourth-order valence-electron chi connectivity index (χ4n) is 2.51. The van der Waals surface area contributed by atoms with E-state index in [2.05, 4.69) is 20.9 Å². The predicted molar refractivity (Wildman–Crippen MR) is 94.4 cm³/mol. The molecule has 0 aromatic carbocycles. The summed E-state index contributed by atoms with van der Waals surface area (Å²) in [6.07, 6.45) is 2.10. The third-order valence-corrected chi connectivity index (χ3v) is 3.85. The number of carbonyl (C=O) groups is 2. The molecule has 2 rings (SSSR count). The van der Waals surface area contributed by atoms with Crippen LogP contribution in [-0.2, 0) is 16.1 Å². The number of nitrogens with one attached hydrogen (secondary N) is 2. The Labute approximate surface area is 153 Å². The van der Waals surface area contributed by atoms with Crippen molar-refractivity contribution in [3.8, 4) is 0 Å². The van der Waals surface area contributed by atoms with Crippen LogP contribution in [0.1, 0.15) is 32.0 Å². The molecule has 0 spiro atoms. The van der Waals surface area contributed by atoms with Gasteiger partial charge in [-0.15, -0.1) is 17.5 Å². The van der Waals surface area contributed by atoms with Crippen LogP contribution in [0.4, 0.5) is 4.79 Å². The molecule has 0 unspecified atom stereocenters. The van der Waals surface area contributed by atoms with E-state index in [0.29, 0.717) is 37.7 Å². The molecule has 1 aromatic rings. The molecule has 2 heterocycles. The molecule has 2 N–H and O–H groups in total. The van der Waals surface area contributed by atoms with E-state index >= 15 is 0 Å². The first-order valence-electron chi connectivity index (χ1n) is 8.14. The number of hydrogen-bond acceptors (Lipinski definition) is 6. The SMILES string of the molecule is CNC(=O)[C@@H]1C[C@H](n2cc(CN(C)C(=O)OCC(C)C)nn2)CN1.Cl. The van der Waals surface area contributed by atoms with Crippen LogP contribution in [0.15, 0.2) is 6.20 Å². The Morgan fingerprint density at radius 2 is 2.24 bits per heavy atom. The molecule has 142 valence electrons. The number of ether oxygens (including phenoxy) is 1. The van der Waals surface area contributed by atoms with Crippen LogP contribution in [0.2, 0.25) is 0 Å². The molecule has 2 amide bonds. The lowest BCUT2D eigenvalue weighted by molar-refractivity contribution is -0.122. The minimum absolute atomic E-state index is 0. The first kappa shape index (κ1) is 21.2. The fraction of sp³-hybridized carbons (Fsp3) is 0.733.